The van der Waals surface area contributed by atoms with Crippen molar-refractivity contribution in [3.05, 3.63) is 107 Å². The Morgan fingerprint density at radius 3 is 2.06 bits per heavy atom. The number of ether oxygens (including phenoxy) is 2. The molecule has 2 saturated heterocycles. The van der Waals surface area contributed by atoms with Gasteiger partial charge in [-0.05, 0) is 28.8 Å². The lowest BCUT2D eigenvalue weighted by atomic mass is 9.64. The number of imide groups is 1. The third kappa shape index (κ3) is 2.78. The van der Waals surface area contributed by atoms with Gasteiger partial charge in [0.15, 0.2) is 0 Å². The van der Waals surface area contributed by atoms with Gasteiger partial charge in [-0.3, -0.25) is 9.59 Å². The summed E-state index contributed by atoms with van der Waals surface area (Å²) in [5.41, 5.74) is 3.25. The van der Waals surface area contributed by atoms with Gasteiger partial charge in [-0.1, -0.05) is 72.8 Å². The number of esters is 1. The Kier molecular flexibility index (Phi) is 4.62. The smallest absolute Gasteiger partial charge is 0.341 e. The summed E-state index contributed by atoms with van der Waals surface area (Å²) >= 11 is 0. The lowest BCUT2D eigenvalue weighted by molar-refractivity contribution is -0.135. The van der Waals surface area contributed by atoms with E-state index in [1.165, 1.54) is 12.0 Å². The molecule has 1 aliphatic carbocycles. The number of para-hydroxylation sites is 1. The van der Waals surface area contributed by atoms with Crippen LogP contribution < -0.4 is 4.90 Å². The molecule has 168 valence electrons. The molecule has 3 heterocycles. The fourth-order valence-electron chi connectivity index (χ4n) is 5.59. The van der Waals surface area contributed by atoms with Gasteiger partial charge in [0.2, 0.25) is 11.8 Å². The van der Waals surface area contributed by atoms with E-state index in [0.717, 1.165) is 11.1 Å². The molecule has 3 aromatic carbocycles. The number of anilines is 1. The Morgan fingerprint density at radius 1 is 0.794 bits per heavy atom. The number of methoxy groups -OCH3 is 1. The zero-order valence-corrected chi connectivity index (χ0v) is 18.4. The number of rotatable bonds is 3. The molecular weight excluding hydrogens is 430 g/mol. The van der Waals surface area contributed by atoms with E-state index < -0.39 is 29.8 Å². The molecule has 4 atom stereocenters. The van der Waals surface area contributed by atoms with Crippen LogP contribution in [0.2, 0.25) is 0 Å². The Balaban J connectivity index is 1.58. The zero-order valence-electron chi connectivity index (χ0n) is 18.4. The minimum Gasteiger partial charge on any atom is -0.488 e. The second-order valence-corrected chi connectivity index (χ2v) is 8.64. The summed E-state index contributed by atoms with van der Waals surface area (Å²) in [6, 6.07) is 25.8. The van der Waals surface area contributed by atoms with Crippen molar-refractivity contribution < 1.29 is 23.9 Å². The van der Waals surface area contributed by atoms with Crippen LogP contribution in [0.5, 0.6) is 0 Å². The number of hydrogen-bond donors (Lipinski definition) is 0. The maximum Gasteiger partial charge on any atom is 0.341 e. The number of allylic oxidation sites excluding steroid dienone is 1. The number of benzene rings is 3. The van der Waals surface area contributed by atoms with Crippen LogP contribution in [0.25, 0.3) is 5.57 Å². The van der Waals surface area contributed by atoms with E-state index in [0.29, 0.717) is 17.0 Å². The molecule has 6 heteroatoms. The van der Waals surface area contributed by atoms with Crippen LogP contribution in [-0.2, 0) is 23.9 Å². The van der Waals surface area contributed by atoms with Crippen LogP contribution in [0.4, 0.5) is 5.69 Å². The minimum atomic E-state index is -0.672. The molecule has 0 spiro atoms. The monoisotopic (exact) mass is 451 g/mol. The number of carbonyl (C=O) groups is 3. The number of amides is 2. The van der Waals surface area contributed by atoms with Crippen molar-refractivity contribution >= 4 is 29.0 Å². The van der Waals surface area contributed by atoms with E-state index in [1.54, 1.807) is 24.3 Å². The summed E-state index contributed by atoms with van der Waals surface area (Å²) in [5.74, 6) is -2.61. The highest BCUT2D eigenvalue weighted by Crippen LogP contribution is 2.61. The average Bonchev–Trinajstić information content (AvgIpc) is 3.16. The highest BCUT2D eigenvalue weighted by Gasteiger charge is 2.63. The maximum atomic E-state index is 13.8. The highest BCUT2D eigenvalue weighted by molar-refractivity contribution is 6.24. The van der Waals surface area contributed by atoms with Crippen LogP contribution in [-0.4, -0.2) is 24.9 Å². The van der Waals surface area contributed by atoms with Crippen molar-refractivity contribution in [1.82, 2.24) is 0 Å². The second-order valence-electron chi connectivity index (χ2n) is 8.64. The molecule has 3 aliphatic heterocycles. The molecule has 4 aliphatic rings. The van der Waals surface area contributed by atoms with Gasteiger partial charge < -0.3 is 9.47 Å². The second kappa shape index (κ2) is 7.70. The zero-order chi connectivity index (χ0) is 23.4. The van der Waals surface area contributed by atoms with E-state index in [-0.39, 0.29) is 17.4 Å². The van der Waals surface area contributed by atoms with Gasteiger partial charge in [-0.15, -0.1) is 0 Å². The van der Waals surface area contributed by atoms with Crippen LogP contribution in [0.3, 0.4) is 0 Å². The molecule has 34 heavy (non-hydrogen) atoms. The van der Waals surface area contributed by atoms with Crippen molar-refractivity contribution in [2.24, 2.45) is 11.8 Å². The molecule has 0 N–H and O–H groups in total. The van der Waals surface area contributed by atoms with Gasteiger partial charge in [0.25, 0.3) is 0 Å². The first-order chi connectivity index (χ1) is 16.6. The molecule has 0 saturated carbocycles. The summed E-state index contributed by atoms with van der Waals surface area (Å²) < 4.78 is 11.6. The molecule has 2 bridgehead atoms. The lowest BCUT2D eigenvalue weighted by Gasteiger charge is -2.46. The van der Waals surface area contributed by atoms with Crippen LogP contribution >= 0.6 is 0 Å². The topological polar surface area (TPSA) is 72.9 Å². The number of carbonyl (C=O) groups excluding carboxylic acids is 3. The van der Waals surface area contributed by atoms with Crippen molar-refractivity contribution in [1.29, 1.82) is 0 Å². The Bertz CT molecular complexity index is 1350. The van der Waals surface area contributed by atoms with Crippen LogP contribution in [0, 0.1) is 11.8 Å². The largest absolute Gasteiger partial charge is 0.488 e. The van der Waals surface area contributed by atoms with Gasteiger partial charge in [0.1, 0.15) is 17.4 Å². The predicted molar refractivity (Wildman–Crippen MR) is 124 cm³/mol. The van der Waals surface area contributed by atoms with E-state index in [9.17, 15) is 14.4 Å². The van der Waals surface area contributed by atoms with Gasteiger partial charge in [-0.25, -0.2) is 9.69 Å². The van der Waals surface area contributed by atoms with E-state index in [4.69, 9.17) is 9.47 Å². The molecule has 7 rings (SSSR count). The molecule has 0 aromatic heterocycles. The Labute approximate surface area is 196 Å². The lowest BCUT2D eigenvalue weighted by Crippen LogP contribution is -2.43. The molecule has 6 nitrogen and oxygen atoms in total. The fourth-order valence-corrected chi connectivity index (χ4v) is 5.59. The van der Waals surface area contributed by atoms with E-state index in [1.807, 2.05) is 60.7 Å². The van der Waals surface area contributed by atoms with Gasteiger partial charge in [0.05, 0.1) is 30.6 Å². The molecule has 2 amide bonds. The number of fused-ring (bicyclic) bond motifs is 1. The molecule has 2 fully saturated rings. The summed E-state index contributed by atoms with van der Waals surface area (Å²) in [7, 11) is 1.32. The quantitative estimate of drug-likeness (QED) is 0.338. The van der Waals surface area contributed by atoms with Crippen LogP contribution in [0.15, 0.2) is 90.7 Å². The standard InChI is InChI=1S/C28H21NO5/c1-33-28(32)20(16-10-4-2-5-11-16)25-21-18-14-8-9-15-19(18)24(34-25)23-22(21)26(30)29(27(23)31)17-12-6-3-7-13-17/h2-15,21-24H,1H3/b25-20-. The third-order valence-corrected chi connectivity index (χ3v) is 6.97. The third-order valence-electron chi connectivity index (χ3n) is 6.97. The number of nitrogens with zero attached hydrogens (tertiary/aromatic N) is 1. The molecule has 4 unspecified atom stereocenters. The Hall–Kier alpha value is -4.19. The first kappa shape index (κ1) is 20.4. The van der Waals surface area contributed by atoms with Crippen molar-refractivity contribution in [3.8, 4) is 0 Å². The Morgan fingerprint density at radius 2 is 1.38 bits per heavy atom. The highest BCUT2D eigenvalue weighted by atomic mass is 16.5. The molecular formula is C28H21NO5. The first-order valence-corrected chi connectivity index (χ1v) is 11.2. The van der Waals surface area contributed by atoms with Crippen LogP contribution in [0.1, 0.15) is 28.7 Å². The maximum absolute atomic E-state index is 13.8. The van der Waals surface area contributed by atoms with Crippen molar-refractivity contribution in [2.45, 2.75) is 12.0 Å². The molecule has 3 aromatic rings. The number of hydrogen-bond acceptors (Lipinski definition) is 5. The summed E-state index contributed by atoms with van der Waals surface area (Å²) in [6.07, 6.45) is -0.672. The van der Waals surface area contributed by atoms with Gasteiger partial charge in [-0.2, -0.15) is 0 Å². The normalized spacial score (nSPS) is 26.0. The van der Waals surface area contributed by atoms with Crippen molar-refractivity contribution in [2.75, 3.05) is 12.0 Å². The van der Waals surface area contributed by atoms with Gasteiger partial charge in [0, 0.05) is 0 Å². The predicted octanol–water partition coefficient (Wildman–Crippen LogP) is 4.25. The average molecular weight is 451 g/mol. The first-order valence-electron chi connectivity index (χ1n) is 11.2. The van der Waals surface area contributed by atoms with E-state index >= 15 is 0 Å². The summed E-state index contributed by atoms with van der Waals surface area (Å²) in [5, 5.41) is 0. The van der Waals surface area contributed by atoms with Crippen molar-refractivity contribution in [3.63, 3.8) is 0 Å². The van der Waals surface area contributed by atoms with E-state index in [2.05, 4.69) is 0 Å². The fraction of sp³-hybridized carbons (Fsp3) is 0.179. The molecule has 0 radical (unpaired) electrons. The SMILES string of the molecule is COC(=O)/C(=C1\OC2c3ccccc3C1C1C(=O)N(c3ccccc3)C(=O)C21)c1ccccc1. The summed E-state index contributed by atoms with van der Waals surface area (Å²) in [6.45, 7) is 0. The minimum absolute atomic E-state index is 0.274. The van der Waals surface area contributed by atoms with Gasteiger partial charge >= 0.3 is 5.97 Å². The summed E-state index contributed by atoms with van der Waals surface area (Å²) in [4.78, 5) is 41.7.